The lowest BCUT2D eigenvalue weighted by molar-refractivity contribution is -0.336. The zero-order valence-corrected chi connectivity index (χ0v) is 11.5. The zero-order chi connectivity index (χ0) is 13.2. The minimum atomic E-state index is -0.658. The lowest BCUT2D eigenvalue weighted by atomic mass is 9.83. The van der Waals surface area contributed by atoms with Crippen LogP contribution < -0.4 is 0 Å². The molecule has 1 unspecified atom stereocenters. The molecule has 1 heterocycles. The van der Waals surface area contributed by atoms with Gasteiger partial charge >= 0.3 is 0 Å². The largest absolute Gasteiger partial charge is 0.396 e. The standard InChI is InChI=1S/C13H26O4/c1-8(6-14)11-10(3)12(9(2)7-15)17-13(4,5)16-11/h8-12,14-15H,6-7H2,1-5H3/t8-,9+,10?,11-,12+. The first-order chi connectivity index (χ1) is 7.82. The number of hydrogen-bond donors (Lipinski definition) is 2. The molecule has 0 aromatic carbocycles. The van der Waals surface area contributed by atoms with Crippen molar-refractivity contribution in [3.63, 3.8) is 0 Å². The van der Waals surface area contributed by atoms with E-state index in [4.69, 9.17) is 9.47 Å². The topological polar surface area (TPSA) is 58.9 Å². The highest BCUT2D eigenvalue weighted by Gasteiger charge is 2.44. The number of ether oxygens (including phenoxy) is 2. The predicted molar refractivity (Wildman–Crippen MR) is 65.5 cm³/mol. The molecule has 2 N–H and O–H groups in total. The summed E-state index contributed by atoms with van der Waals surface area (Å²) in [6, 6.07) is 0. The summed E-state index contributed by atoms with van der Waals surface area (Å²) in [5.74, 6) is -0.357. The second kappa shape index (κ2) is 5.65. The van der Waals surface area contributed by atoms with Crippen LogP contribution in [0.2, 0.25) is 0 Å². The molecule has 0 spiro atoms. The Kier molecular flexibility index (Phi) is 4.95. The fourth-order valence-electron chi connectivity index (χ4n) is 2.56. The highest BCUT2D eigenvalue weighted by atomic mass is 16.7. The lowest BCUT2D eigenvalue weighted by Crippen LogP contribution is -2.55. The van der Waals surface area contributed by atoms with E-state index in [1.807, 2.05) is 27.7 Å². The summed E-state index contributed by atoms with van der Waals surface area (Å²) in [4.78, 5) is 0. The van der Waals surface area contributed by atoms with Crippen LogP contribution in [0.15, 0.2) is 0 Å². The van der Waals surface area contributed by atoms with Crippen LogP contribution in [0.4, 0.5) is 0 Å². The molecule has 0 amide bonds. The Labute approximate surface area is 104 Å². The first-order valence-electron chi connectivity index (χ1n) is 6.39. The van der Waals surface area contributed by atoms with Gasteiger partial charge in [0, 0.05) is 31.0 Å². The number of aliphatic hydroxyl groups is 2. The van der Waals surface area contributed by atoms with Crippen molar-refractivity contribution < 1.29 is 19.7 Å². The highest BCUT2D eigenvalue weighted by molar-refractivity contribution is 4.87. The average Bonchev–Trinajstić information content (AvgIpc) is 2.29. The van der Waals surface area contributed by atoms with Crippen LogP contribution in [0, 0.1) is 17.8 Å². The molecule has 0 bridgehead atoms. The molecule has 5 atom stereocenters. The van der Waals surface area contributed by atoms with Crippen LogP contribution in [-0.4, -0.2) is 41.4 Å². The molecule has 4 nitrogen and oxygen atoms in total. The Hall–Kier alpha value is -0.160. The molecule has 4 heteroatoms. The smallest absolute Gasteiger partial charge is 0.163 e. The van der Waals surface area contributed by atoms with E-state index in [-0.39, 0.29) is 43.2 Å². The average molecular weight is 246 g/mol. The van der Waals surface area contributed by atoms with Crippen molar-refractivity contribution in [1.82, 2.24) is 0 Å². The summed E-state index contributed by atoms with van der Waals surface area (Å²) in [6.07, 6.45) is -0.0782. The Morgan fingerprint density at radius 2 is 1.35 bits per heavy atom. The monoisotopic (exact) mass is 246 g/mol. The predicted octanol–water partition coefficient (Wildman–Crippen LogP) is 1.40. The minimum absolute atomic E-state index is 0.0391. The molecule has 102 valence electrons. The van der Waals surface area contributed by atoms with Crippen molar-refractivity contribution in [3.05, 3.63) is 0 Å². The molecule has 0 aromatic rings. The second-order valence-corrected chi connectivity index (χ2v) is 5.74. The van der Waals surface area contributed by atoms with E-state index in [0.717, 1.165) is 0 Å². The summed E-state index contributed by atoms with van der Waals surface area (Å²) in [5, 5.41) is 18.6. The van der Waals surface area contributed by atoms with E-state index in [2.05, 4.69) is 6.92 Å². The van der Waals surface area contributed by atoms with E-state index in [0.29, 0.717) is 0 Å². The number of rotatable bonds is 4. The van der Waals surface area contributed by atoms with Crippen molar-refractivity contribution in [1.29, 1.82) is 0 Å². The molecule has 0 radical (unpaired) electrons. The quantitative estimate of drug-likeness (QED) is 0.787. The van der Waals surface area contributed by atoms with E-state index >= 15 is 0 Å². The summed E-state index contributed by atoms with van der Waals surface area (Å²) in [7, 11) is 0. The second-order valence-electron chi connectivity index (χ2n) is 5.74. The normalized spacial score (nSPS) is 36.5. The fourth-order valence-corrected chi connectivity index (χ4v) is 2.56. The van der Waals surface area contributed by atoms with Crippen LogP contribution in [-0.2, 0) is 9.47 Å². The third-order valence-electron chi connectivity index (χ3n) is 3.57. The Morgan fingerprint density at radius 3 is 1.65 bits per heavy atom. The van der Waals surface area contributed by atoms with Gasteiger partial charge in [0.1, 0.15) is 0 Å². The first-order valence-corrected chi connectivity index (χ1v) is 6.39. The van der Waals surface area contributed by atoms with E-state index in [1.54, 1.807) is 0 Å². The summed E-state index contributed by atoms with van der Waals surface area (Å²) < 4.78 is 11.8. The van der Waals surface area contributed by atoms with Gasteiger partial charge in [-0.3, -0.25) is 0 Å². The molecule has 1 fully saturated rings. The maximum Gasteiger partial charge on any atom is 0.163 e. The molecule has 1 saturated heterocycles. The molecule has 17 heavy (non-hydrogen) atoms. The van der Waals surface area contributed by atoms with Gasteiger partial charge in [-0.15, -0.1) is 0 Å². The molecule has 1 aliphatic heterocycles. The number of hydrogen-bond acceptors (Lipinski definition) is 4. The van der Waals surface area contributed by atoms with E-state index < -0.39 is 5.79 Å². The van der Waals surface area contributed by atoms with Gasteiger partial charge in [-0.25, -0.2) is 0 Å². The minimum Gasteiger partial charge on any atom is -0.396 e. The van der Waals surface area contributed by atoms with Crippen LogP contribution >= 0.6 is 0 Å². The van der Waals surface area contributed by atoms with Crippen molar-refractivity contribution in [2.75, 3.05) is 13.2 Å². The zero-order valence-electron chi connectivity index (χ0n) is 11.5. The maximum absolute atomic E-state index is 9.29. The first kappa shape index (κ1) is 14.9. The van der Waals surface area contributed by atoms with Crippen LogP contribution in [0.3, 0.4) is 0 Å². The van der Waals surface area contributed by atoms with Gasteiger partial charge in [0.25, 0.3) is 0 Å². The molecule has 0 aromatic heterocycles. The molecular formula is C13H26O4. The van der Waals surface area contributed by atoms with Crippen LogP contribution in [0.5, 0.6) is 0 Å². The van der Waals surface area contributed by atoms with Crippen molar-refractivity contribution in [3.8, 4) is 0 Å². The maximum atomic E-state index is 9.29. The molecule has 1 rings (SSSR count). The van der Waals surface area contributed by atoms with Crippen LogP contribution in [0.1, 0.15) is 34.6 Å². The fraction of sp³-hybridized carbons (Fsp3) is 1.00. The summed E-state index contributed by atoms with van der Waals surface area (Å²) in [5.41, 5.74) is 0. The van der Waals surface area contributed by atoms with Gasteiger partial charge in [0.2, 0.25) is 0 Å². The lowest BCUT2D eigenvalue weighted by Gasteiger charge is -2.48. The van der Waals surface area contributed by atoms with E-state index in [9.17, 15) is 10.2 Å². The Morgan fingerprint density at radius 1 is 1.00 bits per heavy atom. The van der Waals surface area contributed by atoms with Crippen molar-refractivity contribution >= 4 is 0 Å². The molecule has 0 saturated carbocycles. The summed E-state index contributed by atoms with van der Waals surface area (Å²) >= 11 is 0. The van der Waals surface area contributed by atoms with Crippen molar-refractivity contribution in [2.24, 2.45) is 17.8 Å². The molecule has 1 aliphatic rings. The summed E-state index contributed by atoms with van der Waals surface area (Å²) in [6.45, 7) is 9.98. The third-order valence-corrected chi connectivity index (χ3v) is 3.57. The highest BCUT2D eigenvalue weighted by Crippen LogP contribution is 2.37. The van der Waals surface area contributed by atoms with Gasteiger partial charge in [0.15, 0.2) is 5.79 Å². The van der Waals surface area contributed by atoms with Crippen molar-refractivity contribution in [2.45, 2.75) is 52.6 Å². The Bertz CT molecular complexity index is 220. The van der Waals surface area contributed by atoms with Gasteiger partial charge < -0.3 is 19.7 Å². The van der Waals surface area contributed by atoms with Gasteiger partial charge in [-0.05, 0) is 13.8 Å². The van der Waals surface area contributed by atoms with Gasteiger partial charge in [0.05, 0.1) is 12.2 Å². The number of aliphatic hydroxyl groups excluding tert-OH is 2. The van der Waals surface area contributed by atoms with Gasteiger partial charge in [-0.1, -0.05) is 20.8 Å². The third kappa shape index (κ3) is 3.41. The molecule has 0 aliphatic carbocycles. The molecular weight excluding hydrogens is 220 g/mol. The van der Waals surface area contributed by atoms with Gasteiger partial charge in [-0.2, -0.15) is 0 Å². The van der Waals surface area contributed by atoms with Crippen LogP contribution in [0.25, 0.3) is 0 Å². The Balaban J connectivity index is 2.86. The van der Waals surface area contributed by atoms with E-state index in [1.165, 1.54) is 0 Å². The SMILES string of the molecule is CC1[C@H]([C@@H](C)CO)OC(C)(C)O[C@@H]1[C@H](C)CO.